The number of anilines is 1. The molecule has 21 heavy (non-hydrogen) atoms. The molecular formula is C17H22N2OS. The molecular weight excluding hydrogens is 280 g/mol. The fraction of sp³-hybridized carbons (Fsp3) is 0.471. The number of nitrogens with two attached hydrogens (primary N) is 1. The summed E-state index contributed by atoms with van der Waals surface area (Å²) in [6.07, 6.45) is 2.93. The van der Waals surface area contributed by atoms with Crippen molar-refractivity contribution >= 4 is 23.4 Å². The first-order chi connectivity index (χ1) is 10.2. The molecule has 1 aliphatic rings. The van der Waals surface area contributed by atoms with Crippen LogP contribution in [0, 0.1) is 24.7 Å². The summed E-state index contributed by atoms with van der Waals surface area (Å²) in [5, 5.41) is 3.00. The van der Waals surface area contributed by atoms with E-state index in [0.29, 0.717) is 18.9 Å². The van der Waals surface area contributed by atoms with Crippen molar-refractivity contribution in [2.45, 2.75) is 26.2 Å². The number of hydrogen-bond acceptors (Lipinski definition) is 3. The maximum atomic E-state index is 12.1. The molecule has 2 rings (SSSR count). The van der Waals surface area contributed by atoms with Crippen molar-refractivity contribution in [3.05, 3.63) is 29.3 Å². The lowest BCUT2D eigenvalue weighted by molar-refractivity contribution is -0.117. The highest BCUT2D eigenvalue weighted by atomic mass is 32.2. The monoisotopic (exact) mass is 302 g/mol. The summed E-state index contributed by atoms with van der Waals surface area (Å²) in [5.74, 6) is 8.86. The first-order valence-electron chi connectivity index (χ1n) is 7.35. The van der Waals surface area contributed by atoms with E-state index in [0.717, 1.165) is 29.7 Å². The van der Waals surface area contributed by atoms with Gasteiger partial charge in [0.2, 0.25) is 5.91 Å². The highest BCUT2D eigenvalue weighted by molar-refractivity contribution is 7.99. The molecule has 0 radical (unpaired) electrons. The first-order valence-corrected chi connectivity index (χ1v) is 8.51. The van der Waals surface area contributed by atoms with Gasteiger partial charge in [0.25, 0.3) is 0 Å². The zero-order valence-corrected chi connectivity index (χ0v) is 13.3. The predicted octanol–water partition coefficient (Wildman–Crippen LogP) is 2.78. The molecule has 0 aromatic heterocycles. The second-order valence-corrected chi connectivity index (χ2v) is 6.63. The first kappa shape index (κ1) is 15.9. The minimum Gasteiger partial charge on any atom is -0.326 e. The summed E-state index contributed by atoms with van der Waals surface area (Å²) in [6, 6.07) is 5.88. The molecule has 0 atom stereocenters. The fourth-order valence-corrected chi connectivity index (χ4v) is 3.71. The molecule has 0 saturated carbocycles. The molecule has 0 spiro atoms. The van der Waals surface area contributed by atoms with E-state index in [2.05, 4.69) is 17.2 Å². The molecule has 3 nitrogen and oxygen atoms in total. The Kier molecular flexibility index (Phi) is 6.16. The molecule has 1 saturated heterocycles. The predicted molar refractivity (Wildman–Crippen MR) is 90.4 cm³/mol. The standard InChI is InChI=1S/C17H22N2OS/c1-13-9-15(3-2-6-18)11-16(10-13)19-17(20)12-14-4-7-21-8-5-14/h9-11,14H,4-8,12,18H2,1H3,(H,19,20). The third kappa shape index (κ3) is 5.45. The van der Waals surface area contributed by atoms with Crippen LogP contribution in [0.4, 0.5) is 5.69 Å². The summed E-state index contributed by atoms with van der Waals surface area (Å²) in [5.41, 5.74) is 8.20. The summed E-state index contributed by atoms with van der Waals surface area (Å²) < 4.78 is 0. The molecule has 0 bridgehead atoms. The summed E-state index contributed by atoms with van der Waals surface area (Å²) in [4.78, 5) is 12.1. The Morgan fingerprint density at radius 1 is 1.38 bits per heavy atom. The van der Waals surface area contributed by atoms with E-state index in [4.69, 9.17) is 5.73 Å². The Bertz CT molecular complexity index is 554. The van der Waals surface area contributed by atoms with Gasteiger partial charge in [0.05, 0.1) is 6.54 Å². The summed E-state index contributed by atoms with van der Waals surface area (Å²) in [7, 11) is 0. The van der Waals surface area contributed by atoms with Gasteiger partial charge in [-0.2, -0.15) is 11.8 Å². The molecule has 4 heteroatoms. The van der Waals surface area contributed by atoms with Gasteiger partial charge in [-0.05, 0) is 61.0 Å². The van der Waals surface area contributed by atoms with Gasteiger partial charge in [-0.3, -0.25) is 4.79 Å². The van der Waals surface area contributed by atoms with Crippen molar-refractivity contribution in [3.8, 4) is 11.8 Å². The van der Waals surface area contributed by atoms with Crippen molar-refractivity contribution in [3.63, 3.8) is 0 Å². The van der Waals surface area contributed by atoms with Crippen LogP contribution in [0.2, 0.25) is 0 Å². The molecule has 1 aliphatic heterocycles. The van der Waals surface area contributed by atoms with Crippen molar-refractivity contribution < 1.29 is 4.79 Å². The second-order valence-electron chi connectivity index (χ2n) is 5.40. The van der Waals surface area contributed by atoms with E-state index in [9.17, 15) is 4.79 Å². The lowest BCUT2D eigenvalue weighted by atomic mass is 9.98. The maximum Gasteiger partial charge on any atom is 0.224 e. The average molecular weight is 302 g/mol. The Morgan fingerprint density at radius 3 is 2.86 bits per heavy atom. The Balaban J connectivity index is 1.97. The van der Waals surface area contributed by atoms with Crippen LogP contribution in [-0.4, -0.2) is 24.0 Å². The van der Waals surface area contributed by atoms with E-state index in [1.165, 1.54) is 11.5 Å². The number of rotatable bonds is 3. The third-order valence-electron chi connectivity index (χ3n) is 3.51. The van der Waals surface area contributed by atoms with Gasteiger partial charge in [-0.15, -0.1) is 0 Å². The molecule has 1 heterocycles. The molecule has 112 valence electrons. The highest BCUT2D eigenvalue weighted by Gasteiger charge is 2.17. The van der Waals surface area contributed by atoms with Crippen LogP contribution in [0.15, 0.2) is 18.2 Å². The van der Waals surface area contributed by atoms with Crippen LogP contribution < -0.4 is 11.1 Å². The Morgan fingerprint density at radius 2 is 2.14 bits per heavy atom. The van der Waals surface area contributed by atoms with Crippen LogP contribution in [0.1, 0.15) is 30.4 Å². The number of nitrogens with one attached hydrogen (secondary N) is 1. The minimum absolute atomic E-state index is 0.107. The van der Waals surface area contributed by atoms with E-state index in [-0.39, 0.29) is 5.91 Å². The van der Waals surface area contributed by atoms with Crippen molar-refractivity contribution in [2.24, 2.45) is 11.7 Å². The lowest BCUT2D eigenvalue weighted by Crippen LogP contribution is -2.19. The molecule has 1 aromatic rings. The molecule has 0 aliphatic carbocycles. The van der Waals surface area contributed by atoms with Crippen LogP contribution in [0.25, 0.3) is 0 Å². The van der Waals surface area contributed by atoms with Gasteiger partial charge in [0, 0.05) is 17.7 Å². The van der Waals surface area contributed by atoms with Crippen LogP contribution in [-0.2, 0) is 4.79 Å². The van der Waals surface area contributed by atoms with E-state index in [1.54, 1.807) is 0 Å². The third-order valence-corrected chi connectivity index (χ3v) is 4.56. The highest BCUT2D eigenvalue weighted by Crippen LogP contribution is 2.25. The molecule has 1 amide bonds. The SMILES string of the molecule is Cc1cc(C#CCN)cc(NC(=O)CC2CCSCC2)c1. The number of carbonyl (C=O) groups excluding carboxylic acids is 1. The van der Waals surface area contributed by atoms with Gasteiger partial charge in [-0.25, -0.2) is 0 Å². The second kappa shape index (κ2) is 8.11. The summed E-state index contributed by atoms with van der Waals surface area (Å²) in [6.45, 7) is 2.34. The van der Waals surface area contributed by atoms with Crippen molar-refractivity contribution in [1.29, 1.82) is 0 Å². The smallest absolute Gasteiger partial charge is 0.224 e. The number of thioether (sulfide) groups is 1. The van der Waals surface area contributed by atoms with Crippen LogP contribution >= 0.6 is 11.8 Å². The van der Waals surface area contributed by atoms with E-state index in [1.807, 2.05) is 36.9 Å². The van der Waals surface area contributed by atoms with E-state index < -0.39 is 0 Å². The molecule has 0 unspecified atom stereocenters. The number of benzene rings is 1. The van der Waals surface area contributed by atoms with Gasteiger partial charge in [-0.1, -0.05) is 11.8 Å². The summed E-state index contributed by atoms with van der Waals surface area (Å²) >= 11 is 1.98. The topological polar surface area (TPSA) is 55.1 Å². The number of carbonyl (C=O) groups is 1. The van der Waals surface area contributed by atoms with Crippen molar-refractivity contribution in [2.75, 3.05) is 23.4 Å². The average Bonchev–Trinajstić information content (AvgIpc) is 2.45. The zero-order chi connectivity index (χ0) is 15.1. The van der Waals surface area contributed by atoms with Gasteiger partial charge < -0.3 is 11.1 Å². The van der Waals surface area contributed by atoms with E-state index >= 15 is 0 Å². The minimum atomic E-state index is 0.107. The van der Waals surface area contributed by atoms with Gasteiger partial charge in [0.15, 0.2) is 0 Å². The molecule has 1 aromatic carbocycles. The normalized spacial score (nSPS) is 15.1. The van der Waals surface area contributed by atoms with Gasteiger partial charge in [0.1, 0.15) is 0 Å². The molecule has 1 fully saturated rings. The molecule has 3 N–H and O–H groups in total. The quantitative estimate of drug-likeness (QED) is 0.844. The lowest BCUT2D eigenvalue weighted by Gasteiger charge is -2.20. The number of aryl methyl sites for hydroxylation is 1. The largest absolute Gasteiger partial charge is 0.326 e. The Hall–Kier alpha value is -1.44. The maximum absolute atomic E-state index is 12.1. The van der Waals surface area contributed by atoms with Crippen molar-refractivity contribution in [1.82, 2.24) is 0 Å². The Labute approximate surface area is 131 Å². The number of hydrogen-bond donors (Lipinski definition) is 2. The fourth-order valence-electron chi connectivity index (χ4n) is 2.51. The number of amides is 1. The van der Waals surface area contributed by atoms with Crippen LogP contribution in [0.3, 0.4) is 0 Å². The van der Waals surface area contributed by atoms with Gasteiger partial charge >= 0.3 is 0 Å². The zero-order valence-electron chi connectivity index (χ0n) is 12.4. The van der Waals surface area contributed by atoms with Crippen LogP contribution in [0.5, 0.6) is 0 Å².